The van der Waals surface area contributed by atoms with Crippen molar-refractivity contribution >= 4 is 5.97 Å². The quantitative estimate of drug-likeness (QED) is 0.830. The zero-order valence-corrected chi connectivity index (χ0v) is 11.1. The van der Waals surface area contributed by atoms with Crippen LogP contribution in [0.15, 0.2) is 24.3 Å². The molecule has 1 aromatic rings. The first-order chi connectivity index (χ1) is 8.64. The maximum atomic E-state index is 11.7. The number of carbonyl (C=O) groups is 1. The van der Waals surface area contributed by atoms with Gasteiger partial charge < -0.3 is 10.5 Å². The van der Waals surface area contributed by atoms with Crippen LogP contribution in [-0.2, 0) is 21.4 Å². The summed E-state index contributed by atoms with van der Waals surface area (Å²) in [6.07, 6.45) is 3.19. The maximum Gasteiger partial charge on any atom is 0.306 e. The minimum atomic E-state index is -0.238. The van der Waals surface area contributed by atoms with Gasteiger partial charge in [-0.05, 0) is 30.4 Å². The molecule has 2 rings (SSSR count). The lowest BCUT2D eigenvalue weighted by Crippen LogP contribution is -2.45. The number of esters is 1. The van der Waals surface area contributed by atoms with Gasteiger partial charge in [0.05, 0.1) is 13.5 Å². The van der Waals surface area contributed by atoms with Gasteiger partial charge >= 0.3 is 5.97 Å². The first kappa shape index (κ1) is 13.1. The lowest BCUT2D eigenvalue weighted by molar-refractivity contribution is -0.142. The molecule has 0 fully saturated rings. The Morgan fingerprint density at radius 2 is 2.22 bits per heavy atom. The summed E-state index contributed by atoms with van der Waals surface area (Å²) in [5.74, 6) is -0.171. The molecule has 0 saturated carbocycles. The first-order valence-corrected chi connectivity index (χ1v) is 6.55. The lowest BCUT2D eigenvalue weighted by Gasteiger charge is -2.35. The van der Waals surface area contributed by atoms with Crippen molar-refractivity contribution in [3.05, 3.63) is 35.4 Å². The topological polar surface area (TPSA) is 52.3 Å². The zero-order valence-electron chi connectivity index (χ0n) is 11.1. The number of carbonyl (C=O) groups excluding carboxylic acids is 1. The molecule has 0 radical (unpaired) electrons. The van der Waals surface area contributed by atoms with Crippen molar-refractivity contribution in [2.45, 2.75) is 44.1 Å². The minimum absolute atomic E-state index is 0.000231. The third-order valence-corrected chi connectivity index (χ3v) is 4.23. The second kappa shape index (κ2) is 5.11. The fourth-order valence-electron chi connectivity index (χ4n) is 3.14. The molecule has 2 atom stereocenters. The number of nitrogens with two attached hydrogens (primary N) is 1. The van der Waals surface area contributed by atoms with Crippen molar-refractivity contribution in [2.75, 3.05) is 7.11 Å². The molecular formula is C15H21NO2. The summed E-state index contributed by atoms with van der Waals surface area (Å²) in [4.78, 5) is 11.7. The molecule has 1 aromatic carbocycles. The second-order valence-corrected chi connectivity index (χ2v) is 5.08. The van der Waals surface area contributed by atoms with Crippen LogP contribution in [-0.4, -0.2) is 19.1 Å². The fourth-order valence-corrected chi connectivity index (χ4v) is 3.14. The number of methoxy groups -OCH3 is 1. The van der Waals surface area contributed by atoms with Crippen LogP contribution in [0.4, 0.5) is 0 Å². The third kappa shape index (κ3) is 2.03. The molecule has 0 aliphatic heterocycles. The predicted octanol–water partition coefficient (Wildman–Crippen LogP) is 2.17. The van der Waals surface area contributed by atoms with Crippen LogP contribution in [0.1, 0.15) is 37.3 Å². The highest BCUT2D eigenvalue weighted by atomic mass is 16.5. The van der Waals surface area contributed by atoms with E-state index in [4.69, 9.17) is 10.5 Å². The van der Waals surface area contributed by atoms with Crippen LogP contribution >= 0.6 is 0 Å². The Kier molecular flexibility index (Phi) is 3.71. The molecule has 18 heavy (non-hydrogen) atoms. The predicted molar refractivity (Wildman–Crippen MR) is 71.3 cm³/mol. The molecule has 0 saturated heterocycles. The van der Waals surface area contributed by atoms with E-state index < -0.39 is 0 Å². The van der Waals surface area contributed by atoms with Gasteiger partial charge in [-0.15, -0.1) is 0 Å². The molecule has 2 unspecified atom stereocenters. The Morgan fingerprint density at radius 3 is 2.89 bits per heavy atom. The van der Waals surface area contributed by atoms with Crippen LogP contribution in [0.25, 0.3) is 0 Å². The van der Waals surface area contributed by atoms with Gasteiger partial charge in [0.15, 0.2) is 0 Å². The zero-order chi connectivity index (χ0) is 13.2. The molecule has 1 aliphatic carbocycles. The second-order valence-electron chi connectivity index (χ2n) is 5.08. The molecule has 0 spiro atoms. The Labute approximate surface area is 108 Å². The number of hydrogen-bond acceptors (Lipinski definition) is 3. The summed E-state index contributed by atoms with van der Waals surface area (Å²) in [5.41, 5.74) is 8.65. The van der Waals surface area contributed by atoms with Crippen LogP contribution in [0.2, 0.25) is 0 Å². The Balaban J connectivity index is 2.42. The minimum Gasteiger partial charge on any atom is -0.469 e. The maximum absolute atomic E-state index is 11.7. The Bertz CT molecular complexity index is 444. The smallest absolute Gasteiger partial charge is 0.306 e. The summed E-state index contributed by atoms with van der Waals surface area (Å²) in [7, 11) is 1.44. The largest absolute Gasteiger partial charge is 0.469 e. The SMILES string of the molecule is CCC(N)C1(CC(=O)OC)CCc2ccccc21. The van der Waals surface area contributed by atoms with Gasteiger partial charge in [0, 0.05) is 11.5 Å². The molecule has 1 aliphatic rings. The molecule has 98 valence electrons. The van der Waals surface area contributed by atoms with Crippen molar-refractivity contribution in [3.8, 4) is 0 Å². The Morgan fingerprint density at radius 1 is 1.50 bits per heavy atom. The molecule has 0 heterocycles. The van der Waals surface area contributed by atoms with Crippen LogP contribution in [0.3, 0.4) is 0 Å². The molecule has 2 N–H and O–H groups in total. The molecule has 0 amide bonds. The average molecular weight is 247 g/mol. The van der Waals surface area contributed by atoms with Crippen molar-refractivity contribution in [2.24, 2.45) is 5.73 Å². The van der Waals surface area contributed by atoms with Gasteiger partial charge in [0.2, 0.25) is 0 Å². The summed E-state index contributed by atoms with van der Waals surface area (Å²) in [6.45, 7) is 2.07. The van der Waals surface area contributed by atoms with E-state index in [1.165, 1.54) is 18.2 Å². The molecule has 3 heteroatoms. The Hall–Kier alpha value is -1.35. The van der Waals surface area contributed by atoms with Crippen molar-refractivity contribution in [3.63, 3.8) is 0 Å². The summed E-state index contributed by atoms with van der Waals surface area (Å²) >= 11 is 0. The van der Waals surface area contributed by atoms with E-state index in [2.05, 4.69) is 19.1 Å². The number of benzene rings is 1. The summed E-state index contributed by atoms with van der Waals surface area (Å²) in [5, 5.41) is 0. The number of fused-ring (bicyclic) bond motifs is 1. The summed E-state index contributed by atoms with van der Waals surface area (Å²) < 4.78 is 4.85. The van der Waals surface area contributed by atoms with Gasteiger partial charge in [-0.3, -0.25) is 4.79 Å². The van der Waals surface area contributed by atoms with Crippen molar-refractivity contribution < 1.29 is 9.53 Å². The molecule has 0 aromatic heterocycles. The molecule has 0 bridgehead atoms. The van der Waals surface area contributed by atoms with E-state index in [1.54, 1.807) is 0 Å². The van der Waals surface area contributed by atoms with E-state index in [0.29, 0.717) is 6.42 Å². The monoisotopic (exact) mass is 247 g/mol. The van der Waals surface area contributed by atoms with Gasteiger partial charge in [0.1, 0.15) is 0 Å². The van der Waals surface area contributed by atoms with E-state index in [0.717, 1.165) is 19.3 Å². The molecular weight excluding hydrogens is 226 g/mol. The van der Waals surface area contributed by atoms with E-state index in [1.807, 2.05) is 12.1 Å². The van der Waals surface area contributed by atoms with E-state index >= 15 is 0 Å². The highest BCUT2D eigenvalue weighted by molar-refractivity contribution is 5.72. The van der Waals surface area contributed by atoms with E-state index in [9.17, 15) is 4.79 Å². The van der Waals surface area contributed by atoms with Gasteiger partial charge in [-0.1, -0.05) is 31.2 Å². The lowest BCUT2D eigenvalue weighted by atomic mass is 9.72. The fraction of sp³-hybridized carbons (Fsp3) is 0.533. The first-order valence-electron chi connectivity index (χ1n) is 6.55. The van der Waals surface area contributed by atoms with Crippen LogP contribution < -0.4 is 5.73 Å². The number of aryl methyl sites for hydroxylation is 1. The van der Waals surface area contributed by atoms with Crippen LogP contribution in [0, 0.1) is 0 Å². The summed E-state index contributed by atoms with van der Waals surface area (Å²) in [6, 6.07) is 8.32. The van der Waals surface area contributed by atoms with Crippen molar-refractivity contribution in [1.29, 1.82) is 0 Å². The highest BCUT2D eigenvalue weighted by Gasteiger charge is 2.44. The van der Waals surface area contributed by atoms with E-state index in [-0.39, 0.29) is 17.4 Å². The van der Waals surface area contributed by atoms with Crippen LogP contribution in [0.5, 0.6) is 0 Å². The van der Waals surface area contributed by atoms with Gasteiger partial charge in [0.25, 0.3) is 0 Å². The highest BCUT2D eigenvalue weighted by Crippen LogP contribution is 2.44. The van der Waals surface area contributed by atoms with Crippen molar-refractivity contribution in [1.82, 2.24) is 0 Å². The molecule has 3 nitrogen and oxygen atoms in total. The third-order valence-electron chi connectivity index (χ3n) is 4.23. The number of rotatable bonds is 4. The van der Waals surface area contributed by atoms with Gasteiger partial charge in [-0.2, -0.15) is 0 Å². The van der Waals surface area contributed by atoms with Gasteiger partial charge in [-0.25, -0.2) is 0 Å². The standard InChI is InChI=1S/C15H21NO2/c1-3-13(16)15(10-14(17)18-2)9-8-11-6-4-5-7-12(11)15/h4-7,13H,3,8-10,16H2,1-2H3. The normalized spacial score (nSPS) is 23.5. The average Bonchev–Trinajstić information content (AvgIpc) is 2.78. The number of hydrogen-bond donors (Lipinski definition) is 1. The number of ether oxygens (including phenoxy) is 1.